The molecule has 33 heavy (non-hydrogen) atoms. The molecular weight excluding hydrogens is 438 g/mol. The van der Waals surface area contributed by atoms with E-state index in [0.29, 0.717) is 34.2 Å². The largest absolute Gasteiger partial charge is 0.347 e. The first-order valence-electron chi connectivity index (χ1n) is 10.8. The van der Waals surface area contributed by atoms with Crippen molar-refractivity contribution in [3.63, 3.8) is 0 Å². The van der Waals surface area contributed by atoms with Gasteiger partial charge in [-0.15, -0.1) is 11.3 Å². The van der Waals surface area contributed by atoms with Crippen LogP contribution in [0.1, 0.15) is 28.1 Å². The van der Waals surface area contributed by atoms with Crippen molar-refractivity contribution in [2.24, 2.45) is 0 Å². The van der Waals surface area contributed by atoms with Crippen LogP contribution in [0.5, 0.6) is 0 Å². The van der Waals surface area contributed by atoms with Crippen molar-refractivity contribution in [2.45, 2.75) is 25.8 Å². The summed E-state index contributed by atoms with van der Waals surface area (Å²) in [5.41, 5.74) is 2.97. The number of likely N-dealkylation sites (tertiary alicyclic amines) is 1. The molecule has 5 rings (SSSR count). The van der Waals surface area contributed by atoms with E-state index in [9.17, 15) is 14.4 Å². The number of nitrogens with zero attached hydrogens (tertiary/aromatic N) is 3. The number of piperidine rings is 1. The second-order valence-electron chi connectivity index (χ2n) is 8.22. The molecule has 1 atom stereocenters. The lowest BCUT2D eigenvalue weighted by atomic mass is 10.1. The number of thiophene rings is 1. The van der Waals surface area contributed by atoms with Gasteiger partial charge in [0.1, 0.15) is 9.71 Å². The summed E-state index contributed by atoms with van der Waals surface area (Å²) in [6, 6.07) is 9.00. The number of benzene rings is 1. The Kier molecular flexibility index (Phi) is 5.33. The van der Waals surface area contributed by atoms with E-state index in [0.717, 1.165) is 29.5 Å². The number of carbonyl (C=O) groups is 3. The molecule has 168 valence electrons. The molecule has 2 N–H and O–H groups in total. The smallest absolute Gasteiger partial charge is 0.331 e. The van der Waals surface area contributed by atoms with Crippen LogP contribution in [-0.2, 0) is 4.79 Å². The van der Waals surface area contributed by atoms with Crippen LogP contribution in [0.15, 0.2) is 49.2 Å². The maximum Gasteiger partial charge on any atom is 0.331 e. The number of hydrogen-bond donors (Lipinski definition) is 2. The number of carbonyl (C=O) groups excluding carboxylic acids is 3. The van der Waals surface area contributed by atoms with Gasteiger partial charge >= 0.3 is 6.03 Å². The minimum absolute atomic E-state index is 0.136. The van der Waals surface area contributed by atoms with Crippen molar-refractivity contribution < 1.29 is 14.4 Å². The molecule has 4 heterocycles. The third-order valence-corrected chi connectivity index (χ3v) is 7.05. The number of rotatable bonds is 4. The maximum absolute atomic E-state index is 13.2. The second kappa shape index (κ2) is 8.32. The molecule has 0 saturated carbocycles. The molecule has 2 aliphatic rings. The van der Waals surface area contributed by atoms with E-state index in [1.807, 2.05) is 31.2 Å². The van der Waals surface area contributed by atoms with Crippen molar-refractivity contribution in [3.05, 3.63) is 59.6 Å². The van der Waals surface area contributed by atoms with Gasteiger partial charge < -0.3 is 15.5 Å². The molecule has 0 aliphatic carbocycles. The summed E-state index contributed by atoms with van der Waals surface area (Å²) >= 11 is 1.25. The van der Waals surface area contributed by atoms with Crippen molar-refractivity contribution in [2.75, 3.05) is 23.3 Å². The first kappa shape index (κ1) is 21.1. The fraction of sp³-hybridized carbons (Fsp3) is 0.250. The van der Waals surface area contributed by atoms with Crippen LogP contribution < -0.4 is 15.5 Å². The van der Waals surface area contributed by atoms with Gasteiger partial charge in [-0.3, -0.25) is 14.5 Å². The fourth-order valence-corrected chi connectivity index (χ4v) is 5.47. The summed E-state index contributed by atoms with van der Waals surface area (Å²) in [6.45, 7) is 6.61. The van der Waals surface area contributed by atoms with Crippen LogP contribution in [0.4, 0.5) is 21.9 Å². The molecule has 2 aromatic heterocycles. The number of aryl methyl sites for hydroxylation is 1. The summed E-state index contributed by atoms with van der Waals surface area (Å²) in [7, 11) is 0. The summed E-state index contributed by atoms with van der Waals surface area (Å²) < 4.78 is 0. The third-order valence-electron chi connectivity index (χ3n) is 5.95. The Morgan fingerprint density at radius 1 is 1.33 bits per heavy atom. The molecule has 3 aromatic rings. The Labute approximate surface area is 194 Å². The van der Waals surface area contributed by atoms with Crippen molar-refractivity contribution in [1.82, 2.24) is 15.2 Å². The molecule has 0 bridgehead atoms. The summed E-state index contributed by atoms with van der Waals surface area (Å²) in [5, 5.41) is 6.70. The Morgan fingerprint density at radius 3 is 2.97 bits per heavy atom. The summed E-state index contributed by atoms with van der Waals surface area (Å²) in [5.74, 6) is -0.413. The van der Waals surface area contributed by atoms with Gasteiger partial charge in [0.15, 0.2) is 0 Å². The van der Waals surface area contributed by atoms with Crippen molar-refractivity contribution in [3.8, 4) is 0 Å². The van der Waals surface area contributed by atoms with Gasteiger partial charge in [0.05, 0.1) is 22.4 Å². The normalized spacial score (nSPS) is 17.6. The first-order valence-corrected chi connectivity index (χ1v) is 11.6. The van der Waals surface area contributed by atoms with Gasteiger partial charge in [0, 0.05) is 25.3 Å². The lowest BCUT2D eigenvalue weighted by Gasteiger charge is -2.32. The molecular formula is C24H23N5O3S. The molecule has 0 spiro atoms. The van der Waals surface area contributed by atoms with Gasteiger partial charge in [-0.2, -0.15) is 0 Å². The van der Waals surface area contributed by atoms with E-state index in [-0.39, 0.29) is 23.9 Å². The predicted molar refractivity (Wildman–Crippen MR) is 129 cm³/mol. The lowest BCUT2D eigenvalue weighted by molar-refractivity contribution is -0.127. The average Bonchev–Trinajstić information content (AvgIpc) is 3.18. The van der Waals surface area contributed by atoms with Crippen LogP contribution in [0.2, 0.25) is 0 Å². The van der Waals surface area contributed by atoms with E-state index >= 15 is 0 Å². The number of anilines is 3. The number of urea groups is 1. The molecule has 4 amide bonds. The van der Waals surface area contributed by atoms with Gasteiger partial charge in [-0.1, -0.05) is 18.7 Å². The highest BCUT2D eigenvalue weighted by Crippen LogP contribution is 2.45. The van der Waals surface area contributed by atoms with Crippen LogP contribution in [0.3, 0.4) is 0 Å². The highest BCUT2D eigenvalue weighted by atomic mass is 32.1. The molecule has 9 heteroatoms. The first-order chi connectivity index (χ1) is 16.0. The Hall–Kier alpha value is -3.72. The Bertz CT molecular complexity index is 1300. The van der Waals surface area contributed by atoms with E-state index in [2.05, 4.69) is 22.2 Å². The summed E-state index contributed by atoms with van der Waals surface area (Å²) in [6.07, 6.45) is 4.53. The van der Waals surface area contributed by atoms with E-state index in [1.165, 1.54) is 17.4 Å². The number of amides is 4. The average molecular weight is 462 g/mol. The highest BCUT2D eigenvalue weighted by molar-refractivity contribution is 7.21. The van der Waals surface area contributed by atoms with Crippen LogP contribution in [0, 0.1) is 6.92 Å². The second-order valence-corrected chi connectivity index (χ2v) is 9.22. The minimum atomic E-state index is -0.325. The molecule has 1 saturated heterocycles. The molecule has 1 aromatic carbocycles. The molecule has 0 radical (unpaired) electrons. The Balaban J connectivity index is 1.48. The highest BCUT2D eigenvalue weighted by Gasteiger charge is 2.33. The SMILES string of the molecule is C=CC(=O)N1CCCC(NC(=O)c2sc3nccc4c3c2NC(=O)N4c2cccc(C)c2)C1. The number of pyridine rings is 1. The molecule has 1 unspecified atom stereocenters. The van der Waals surface area contributed by atoms with E-state index < -0.39 is 0 Å². The quantitative estimate of drug-likeness (QED) is 0.570. The predicted octanol–water partition coefficient (Wildman–Crippen LogP) is 4.20. The number of hydrogen-bond acceptors (Lipinski definition) is 5. The topological polar surface area (TPSA) is 94.6 Å². The fourth-order valence-electron chi connectivity index (χ4n) is 4.44. The van der Waals surface area contributed by atoms with Crippen LogP contribution in [-0.4, -0.2) is 46.9 Å². The zero-order valence-corrected chi connectivity index (χ0v) is 18.9. The Morgan fingerprint density at radius 2 is 2.18 bits per heavy atom. The van der Waals surface area contributed by atoms with Crippen LogP contribution in [0.25, 0.3) is 10.2 Å². The zero-order valence-electron chi connectivity index (χ0n) is 18.1. The molecule has 8 nitrogen and oxygen atoms in total. The van der Waals surface area contributed by atoms with Crippen LogP contribution >= 0.6 is 11.3 Å². The lowest BCUT2D eigenvalue weighted by Crippen LogP contribution is -2.49. The molecule has 2 aliphatic heterocycles. The van der Waals surface area contributed by atoms with E-state index in [1.54, 1.807) is 22.1 Å². The third kappa shape index (κ3) is 3.74. The van der Waals surface area contributed by atoms with Crippen molar-refractivity contribution in [1.29, 1.82) is 0 Å². The zero-order chi connectivity index (χ0) is 23.1. The standard InChI is InChI=1S/C24H23N5O3S/c1-3-18(30)28-11-5-7-15(13-28)26-22(31)21-20-19-17(9-10-25-23(19)33-21)29(24(32)27-20)16-8-4-6-14(2)12-16/h3-4,6,8-10,12,15H,1,5,7,11,13H2,2H3,(H,26,31)(H,27,32). The van der Waals surface area contributed by atoms with Crippen molar-refractivity contribution >= 4 is 56.5 Å². The molecule has 1 fully saturated rings. The number of aromatic nitrogens is 1. The maximum atomic E-state index is 13.2. The van der Waals surface area contributed by atoms with Gasteiger partial charge in [-0.05, 0) is 49.6 Å². The minimum Gasteiger partial charge on any atom is -0.347 e. The van der Waals surface area contributed by atoms with Gasteiger partial charge in [-0.25, -0.2) is 9.78 Å². The van der Waals surface area contributed by atoms with Gasteiger partial charge in [0.2, 0.25) is 5.91 Å². The summed E-state index contributed by atoms with van der Waals surface area (Å²) in [4.78, 5) is 47.2. The monoisotopic (exact) mass is 461 g/mol. The van der Waals surface area contributed by atoms with E-state index in [4.69, 9.17) is 0 Å². The number of nitrogens with one attached hydrogen (secondary N) is 2. The van der Waals surface area contributed by atoms with Gasteiger partial charge in [0.25, 0.3) is 5.91 Å².